The van der Waals surface area contributed by atoms with Crippen molar-refractivity contribution in [3.05, 3.63) is 57.2 Å². The lowest BCUT2D eigenvalue weighted by molar-refractivity contribution is -0.128. The fraction of sp³-hybridized carbons (Fsp3) is 0.188. The van der Waals surface area contributed by atoms with Crippen molar-refractivity contribution < 1.29 is 13.9 Å². The van der Waals surface area contributed by atoms with Crippen LogP contribution in [-0.2, 0) is 4.79 Å². The summed E-state index contributed by atoms with van der Waals surface area (Å²) in [6.07, 6.45) is 0. The Kier molecular flexibility index (Phi) is 5.24. The van der Waals surface area contributed by atoms with Crippen molar-refractivity contribution in [2.24, 2.45) is 0 Å². The predicted molar refractivity (Wildman–Crippen MR) is 91.6 cm³/mol. The lowest BCUT2D eigenvalue weighted by Crippen LogP contribution is -2.42. The molecule has 0 fully saturated rings. The van der Waals surface area contributed by atoms with Crippen LogP contribution in [0.1, 0.15) is 13.8 Å². The zero-order valence-electron chi connectivity index (χ0n) is 12.0. The number of nitrogens with one attached hydrogen (secondary N) is 1. The molecular weight excluding hydrogens is 417 g/mol. The zero-order valence-corrected chi connectivity index (χ0v) is 15.2. The van der Waals surface area contributed by atoms with Gasteiger partial charge in [0.05, 0.1) is 5.69 Å². The van der Waals surface area contributed by atoms with Crippen LogP contribution in [0.4, 0.5) is 10.1 Å². The first kappa shape index (κ1) is 17.0. The molecule has 2 aromatic carbocycles. The first-order valence-electron chi connectivity index (χ1n) is 6.49. The number of anilines is 1. The molecule has 6 heteroatoms. The van der Waals surface area contributed by atoms with Gasteiger partial charge in [-0.3, -0.25) is 4.79 Å². The molecule has 1 N–H and O–H groups in total. The smallest absolute Gasteiger partial charge is 0.268 e. The van der Waals surface area contributed by atoms with Crippen molar-refractivity contribution in [1.29, 1.82) is 0 Å². The van der Waals surface area contributed by atoms with Crippen LogP contribution < -0.4 is 10.1 Å². The normalized spacial score (nSPS) is 11.1. The summed E-state index contributed by atoms with van der Waals surface area (Å²) in [4.78, 5) is 12.3. The maximum absolute atomic E-state index is 13.8. The van der Waals surface area contributed by atoms with Gasteiger partial charge in [-0.05, 0) is 56.3 Å². The van der Waals surface area contributed by atoms with Crippen molar-refractivity contribution in [2.45, 2.75) is 19.4 Å². The molecule has 0 unspecified atom stereocenters. The average molecular weight is 431 g/mol. The lowest BCUT2D eigenvalue weighted by Gasteiger charge is -2.25. The van der Waals surface area contributed by atoms with E-state index in [1.807, 2.05) is 12.1 Å². The van der Waals surface area contributed by atoms with E-state index in [1.165, 1.54) is 12.1 Å². The van der Waals surface area contributed by atoms with E-state index >= 15 is 0 Å². The van der Waals surface area contributed by atoms with E-state index in [2.05, 4.69) is 37.2 Å². The Morgan fingerprint density at radius 1 is 1.09 bits per heavy atom. The molecule has 0 heterocycles. The molecule has 2 rings (SSSR count). The maximum Gasteiger partial charge on any atom is 0.268 e. The monoisotopic (exact) mass is 429 g/mol. The molecular formula is C16H14Br2FNO2. The summed E-state index contributed by atoms with van der Waals surface area (Å²) in [6, 6.07) is 11.6. The van der Waals surface area contributed by atoms with Gasteiger partial charge in [0, 0.05) is 8.95 Å². The molecule has 0 saturated heterocycles. The van der Waals surface area contributed by atoms with Crippen LogP contribution in [0.5, 0.6) is 5.75 Å². The highest BCUT2D eigenvalue weighted by atomic mass is 79.9. The van der Waals surface area contributed by atoms with Crippen LogP contribution in [0.25, 0.3) is 0 Å². The van der Waals surface area contributed by atoms with Crippen molar-refractivity contribution in [1.82, 2.24) is 0 Å². The molecule has 0 spiro atoms. The second-order valence-electron chi connectivity index (χ2n) is 5.14. The van der Waals surface area contributed by atoms with Crippen LogP contribution in [0.15, 0.2) is 51.4 Å². The Labute approximate surface area is 145 Å². The van der Waals surface area contributed by atoms with Crippen molar-refractivity contribution in [2.75, 3.05) is 5.32 Å². The van der Waals surface area contributed by atoms with Gasteiger partial charge < -0.3 is 10.1 Å². The molecule has 0 radical (unpaired) electrons. The number of carbonyl (C=O) groups is 1. The number of hydrogen-bond donors (Lipinski definition) is 1. The largest absolute Gasteiger partial charge is 0.478 e. The molecule has 0 aromatic heterocycles. The Morgan fingerprint density at radius 2 is 1.68 bits per heavy atom. The highest BCUT2D eigenvalue weighted by molar-refractivity contribution is 9.10. The molecule has 116 valence electrons. The first-order valence-corrected chi connectivity index (χ1v) is 8.07. The van der Waals surface area contributed by atoms with Crippen LogP contribution in [-0.4, -0.2) is 11.5 Å². The maximum atomic E-state index is 13.8. The number of benzene rings is 2. The number of rotatable bonds is 4. The summed E-state index contributed by atoms with van der Waals surface area (Å²) in [6.45, 7) is 3.25. The third-order valence-corrected chi connectivity index (χ3v) is 3.93. The fourth-order valence-corrected chi connectivity index (χ4v) is 2.30. The van der Waals surface area contributed by atoms with Crippen molar-refractivity contribution >= 4 is 43.5 Å². The minimum Gasteiger partial charge on any atom is -0.478 e. The Morgan fingerprint density at radius 3 is 2.27 bits per heavy atom. The summed E-state index contributed by atoms with van der Waals surface area (Å²) < 4.78 is 21.0. The Balaban J connectivity index is 2.11. The molecule has 0 bridgehead atoms. The standard InChI is InChI=1S/C16H14Br2FNO2/c1-16(2,22-12-6-3-10(17)4-7-12)15(21)20-14-8-5-11(18)9-13(14)19/h3-9H,1-2H3,(H,20,21). The number of hydrogen-bond acceptors (Lipinski definition) is 2. The topological polar surface area (TPSA) is 38.3 Å². The number of halogens is 3. The molecule has 3 nitrogen and oxygen atoms in total. The van der Waals surface area contributed by atoms with Gasteiger partial charge in [-0.2, -0.15) is 0 Å². The highest BCUT2D eigenvalue weighted by Gasteiger charge is 2.30. The van der Waals surface area contributed by atoms with Gasteiger partial charge >= 0.3 is 0 Å². The zero-order chi connectivity index (χ0) is 16.3. The third kappa shape index (κ3) is 4.30. The van der Waals surface area contributed by atoms with Crippen LogP contribution in [0.2, 0.25) is 0 Å². The summed E-state index contributed by atoms with van der Waals surface area (Å²) >= 11 is 6.50. The second-order valence-corrected chi connectivity index (χ2v) is 6.98. The molecule has 0 atom stereocenters. The molecule has 1 amide bonds. The van der Waals surface area contributed by atoms with Crippen LogP contribution in [0, 0.1) is 5.82 Å². The number of carbonyl (C=O) groups excluding carboxylic acids is 1. The van der Waals surface area contributed by atoms with E-state index in [1.54, 1.807) is 32.0 Å². The summed E-state index contributed by atoms with van der Waals surface area (Å²) in [5, 5.41) is 2.54. The van der Waals surface area contributed by atoms with E-state index in [0.717, 1.165) is 4.47 Å². The van der Waals surface area contributed by atoms with Crippen molar-refractivity contribution in [3.8, 4) is 5.75 Å². The van der Waals surface area contributed by atoms with Crippen LogP contribution >= 0.6 is 31.9 Å². The number of amides is 1. The van der Waals surface area contributed by atoms with E-state index in [0.29, 0.717) is 10.2 Å². The van der Waals surface area contributed by atoms with E-state index in [9.17, 15) is 9.18 Å². The minimum atomic E-state index is -1.15. The van der Waals surface area contributed by atoms with Gasteiger partial charge in [0.2, 0.25) is 0 Å². The predicted octanol–water partition coefficient (Wildman–Crippen LogP) is 5.15. The lowest BCUT2D eigenvalue weighted by atomic mass is 10.1. The first-order chi connectivity index (χ1) is 10.3. The molecule has 2 aromatic rings. The van der Waals surface area contributed by atoms with E-state index < -0.39 is 17.3 Å². The van der Waals surface area contributed by atoms with Crippen molar-refractivity contribution in [3.63, 3.8) is 0 Å². The third-order valence-electron chi connectivity index (χ3n) is 2.91. The number of ether oxygens (including phenoxy) is 1. The van der Waals surface area contributed by atoms with Gasteiger partial charge in [0.25, 0.3) is 5.91 Å². The molecule has 0 aliphatic rings. The van der Waals surface area contributed by atoms with Gasteiger partial charge in [-0.15, -0.1) is 0 Å². The molecule has 0 aliphatic carbocycles. The quantitative estimate of drug-likeness (QED) is 0.728. The second kappa shape index (κ2) is 6.79. The molecule has 0 saturated carbocycles. The fourth-order valence-electron chi connectivity index (χ4n) is 1.71. The summed E-state index contributed by atoms with van der Waals surface area (Å²) in [5.74, 6) is -0.390. The van der Waals surface area contributed by atoms with Gasteiger partial charge in [-0.25, -0.2) is 4.39 Å². The van der Waals surface area contributed by atoms with Gasteiger partial charge in [0.15, 0.2) is 5.60 Å². The SMILES string of the molecule is CC(C)(Oc1ccc(Br)cc1)C(=O)Nc1ccc(Br)cc1F. The Hall–Kier alpha value is -1.40. The molecule has 0 aliphatic heterocycles. The van der Waals surface area contributed by atoms with Gasteiger partial charge in [0.1, 0.15) is 11.6 Å². The van der Waals surface area contributed by atoms with Crippen LogP contribution in [0.3, 0.4) is 0 Å². The summed E-state index contributed by atoms with van der Waals surface area (Å²) in [5.41, 5.74) is -1.03. The van der Waals surface area contributed by atoms with E-state index in [4.69, 9.17) is 4.74 Å². The van der Waals surface area contributed by atoms with Gasteiger partial charge in [-0.1, -0.05) is 31.9 Å². The highest BCUT2D eigenvalue weighted by Crippen LogP contribution is 2.24. The average Bonchev–Trinajstić information content (AvgIpc) is 2.44. The van der Waals surface area contributed by atoms with E-state index in [-0.39, 0.29) is 5.69 Å². The minimum absolute atomic E-state index is 0.112. The summed E-state index contributed by atoms with van der Waals surface area (Å²) in [7, 11) is 0. The Bertz CT molecular complexity index is 687. The molecule has 22 heavy (non-hydrogen) atoms.